The van der Waals surface area contributed by atoms with Gasteiger partial charge in [0.2, 0.25) is 20.0 Å². The number of ether oxygens (including phenoxy) is 1. The Bertz CT molecular complexity index is 1620. The highest BCUT2D eigenvalue weighted by Gasteiger charge is 2.20. The molecule has 14 nitrogen and oxygen atoms in total. The zero-order valence-corrected chi connectivity index (χ0v) is 25.8. The average Bonchev–Trinajstić information content (AvgIpc) is 3.02. The van der Waals surface area contributed by atoms with Crippen LogP contribution in [0.25, 0.3) is 0 Å². The summed E-state index contributed by atoms with van der Waals surface area (Å²) < 4.78 is 54.8. The van der Waals surface area contributed by atoms with Crippen molar-refractivity contribution in [3.63, 3.8) is 0 Å². The number of esters is 1. The van der Waals surface area contributed by atoms with Crippen LogP contribution in [0, 0.1) is 0 Å². The van der Waals surface area contributed by atoms with Gasteiger partial charge in [-0.1, -0.05) is 36.4 Å². The molecule has 0 aliphatic rings. The SMILES string of the molecule is COC(=O)c1ccc(CN(c2cncnc2)S(C)(=O)=O)cc1.CS(=O)(=O)N(Cc1ccc(C(=O)CN)cc1)c1cncnc1. The fourth-order valence-electron chi connectivity index (χ4n) is 3.75. The fourth-order valence-corrected chi connectivity index (χ4v) is 5.47. The molecule has 232 valence electrons. The molecule has 0 unspecified atom stereocenters. The van der Waals surface area contributed by atoms with E-state index in [0.29, 0.717) is 22.5 Å². The van der Waals surface area contributed by atoms with Crippen LogP contribution in [0.15, 0.2) is 86.0 Å². The first-order chi connectivity index (χ1) is 20.8. The Balaban J connectivity index is 0.000000240. The maximum Gasteiger partial charge on any atom is 0.337 e. The Morgan fingerprint density at radius 1 is 0.682 bits per heavy atom. The molecule has 2 N–H and O–H groups in total. The number of ketones is 1. The third-order valence-corrected chi connectivity index (χ3v) is 8.24. The van der Waals surface area contributed by atoms with Crippen LogP contribution in [0.5, 0.6) is 0 Å². The number of sulfonamides is 2. The highest BCUT2D eigenvalue weighted by atomic mass is 32.2. The van der Waals surface area contributed by atoms with Crippen molar-refractivity contribution >= 4 is 43.2 Å². The van der Waals surface area contributed by atoms with E-state index in [9.17, 15) is 26.4 Å². The van der Waals surface area contributed by atoms with E-state index in [1.165, 1.54) is 53.2 Å². The average molecular weight is 642 g/mol. The van der Waals surface area contributed by atoms with Crippen LogP contribution in [0.1, 0.15) is 31.8 Å². The van der Waals surface area contributed by atoms with Gasteiger partial charge in [0, 0.05) is 5.56 Å². The molecule has 16 heteroatoms. The molecule has 0 spiro atoms. The molecule has 0 aliphatic heterocycles. The van der Waals surface area contributed by atoms with E-state index in [1.54, 1.807) is 48.5 Å². The first kappa shape index (κ1) is 33.7. The Morgan fingerprint density at radius 3 is 1.36 bits per heavy atom. The zero-order valence-electron chi connectivity index (χ0n) is 24.1. The third kappa shape index (κ3) is 9.62. The van der Waals surface area contributed by atoms with Gasteiger partial charge in [-0.3, -0.25) is 13.4 Å². The standard InChI is InChI=1S/C14H16N4O3S.C14H15N3O4S/c1-22(20,21)18(13-7-16-10-17-8-13)9-11-2-4-12(5-3-11)14(19)6-15;1-21-14(18)12-5-3-11(4-6-12)9-17(22(2,19)20)13-7-15-10-16-8-13/h2-5,7-8,10H,6,9,15H2,1H3;3-8,10H,9H2,1-2H3. The smallest absolute Gasteiger partial charge is 0.337 e. The van der Waals surface area contributed by atoms with Gasteiger partial charge in [0.1, 0.15) is 12.7 Å². The molecule has 0 atom stereocenters. The molecule has 44 heavy (non-hydrogen) atoms. The van der Waals surface area contributed by atoms with Crippen molar-refractivity contribution in [2.45, 2.75) is 13.1 Å². The van der Waals surface area contributed by atoms with Gasteiger partial charge in [-0.2, -0.15) is 0 Å². The van der Waals surface area contributed by atoms with Crippen molar-refractivity contribution in [3.8, 4) is 0 Å². The minimum Gasteiger partial charge on any atom is -0.465 e. The van der Waals surface area contributed by atoms with Crippen molar-refractivity contribution in [2.75, 3.05) is 34.8 Å². The Morgan fingerprint density at radius 2 is 1.05 bits per heavy atom. The van der Waals surface area contributed by atoms with Gasteiger partial charge < -0.3 is 10.5 Å². The van der Waals surface area contributed by atoms with Gasteiger partial charge in [0.25, 0.3) is 0 Å². The molecule has 0 amide bonds. The number of nitrogens with two attached hydrogens (primary N) is 1. The van der Waals surface area contributed by atoms with Crippen LogP contribution in [0.4, 0.5) is 11.4 Å². The number of benzene rings is 2. The molecular formula is C28H31N7O7S2. The summed E-state index contributed by atoms with van der Waals surface area (Å²) in [5.74, 6) is -0.606. The van der Waals surface area contributed by atoms with E-state index in [2.05, 4.69) is 24.7 Å². The number of methoxy groups -OCH3 is 1. The number of Topliss-reactive ketones (excluding diaryl/α,β-unsaturated/α-hetero) is 1. The second-order valence-electron chi connectivity index (χ2n) is 9.25. The summed E-state index contributed by atoms with van der Waals surface area (Å²) in [5, 5.41) is 0. The maximum atomic E-state index is 12.0. The number of carbonyl (C=O) groups excluding carboxylic acids is 2. The Kier molecular flexibility index (Phi) is 11.6. The molecule has 0 saturated carbocycles. The van der Waals surface area contributed by atoms with Crippen LogP contribution in [0.2, 0.25) is 0 Å². The van der Waals surface area contributed by atoms with E-state index in [0.717, 1.165) is 23.6 Å². The number of rotatable bonds is 11. The van der Waals surface area contributed by atoms with Crippen LogP contribution < -0.4 is 14.3 Å². The molecule has 2 aromatic heterocycles. The van der Waals surface area contributed by atoms with E-state index < -0.39 is 26.0 Å². The van der Waals surface area contributed by atoms with Crippen molar-refractivity contribution in [3.05, 3.63) is 108 Å². The van der Waals surface area contributed by atoms with Gasteiger partial charge in [-0.05, 0) is 23.3 Å². The van der Waals surface area contributed by atoms with Crippen LogP contribution in [-0.4, -0.2) is 74.7 Å². The minimum atomic E-state index is -3.49. The molecule has 4 rings (SSSR count). The first-order valence-corrected chi connectivity index (χ1v) is 16.5. The quantitative estimate of drug-likeness (QED) is 0.185. The highest BCUT2D eigenvalue weighted by molar-refractivity contribution is 7.92. The van der Waals surface area contributed by atoms with Crippen molar-refractivity contribution in [1.82, 2.24) is 19.9 Å². The van der Waals surface area contributed by atoms with Crippen LogP contribution in [-0.2, 0) is 37.9 Å². The normalized spacial score (nSPS) is 11.1. The number of anilines is 2. The van der Waals surface area contributed by atoms with E-state index in [1.807, 2.05) is 0 Å². The predicted octanol–water partition coefficient (Wildman–Crippen LogP) is 1.81. The fraction of sp³-hybridized carbons (Fsp3) is 0.214. The van der Waals surface area contributed by atoms with Crippen LogP contribution >= 0.6 is 0 Å². The van der Waals surface area contributed by atoms with E-state index in [4.69, 9.17) is 5.73 Å². The summed E-state index contributed by atoms with van der Waals surface area (Å²) in [7, 11) is -5.66. The van der Waals surface area contributed by atoms with E-state index in [-0.39, 0.29) is 25.4 Å². The molecule has 0 aliphatic carbocycles. The zero-order chi connectivity index (χ0) is 32.3. The Labute approximate surface area is 255 Å². The summed E-state index contributed by atoms with van der Waals surface area (Å²) in [6, 6.07) is 13.2. The van der Waals surface area contributed by atoms with Crippen molar-refractivity contribution < 1.29 is 31.2 Å². The second kappa shape index (κ2) is 15.1. The second-order valence-corrected chi connectivity index (χ2v) is 13.1. The van der Waals surface area contributed by atoms with Gasteiger partial charge in [0.15, 0.2) is 5.78 Å². The summed E-state index contributed by atoms with van der Waals surface area (Å²) in [6.07, 6.45) is 10.6. The van der Waals surface area contributed by atoms with E-state index >= 15 is 0 Å². The summed E-state index contributed by atoms with van der Waals surface area (Å²) in [5.41, 5.74) is 8.43. The first-order valence-electron chi connectivity index (χ1n) is 12.8. The third-order valence-electron chi connectivity index (χ3n) is 5.96. The largest absolute Gasteiger partial charge is 0.465 e. The molecule has 4 aromatic rings. The van der Waals surface area contributed by atoms with Gasteiger partial charge in [0.05, 0.1) is 81.0 Å². The molecule has 0 fully saturated rings. The molecule has 2 heterocycles. The maximum absolute atomic E-state index is 12.0. The monoisotopic (exact) mass is 641 g/mol. The number of hydrogen-bond acceptors (Lipinski definition) is 12. The summed E-state index contributed by atoms with van der Waals surface area (Å²) in [4.78, 5) is 38.2. The van der Waals surface area contributed by atoms with Crippen molar-refractivity contribution in [1.29, 1.82) is 0 Å². The summed E-state index contributed by atoms with van der Waals surface area (Å²) in [6.45, 7) is 0.188. The molecule has 0 radical (unpaired) electrons. The minimum absolute atomic E-state index is 0.0594. The molecular weight excluding hydrogens is 610 g/mol. The van der Waals surface area contributed by atoms with Crippen molar-refractivity contribution in [2.24, 2.45) is 5.73 Å². The lowest BCUT2D eigenvalue weighted by Gasteiger charge is -2.21. The molecule has 0 bridgehead atoms. The van der Waals surface area contributed by atoms with Gasteiger partial charge in [-0.25, -0.2) is 41.6 Å². The number of nitrogens with zero attached hydrogens (tertiary/aromatic N) is 6. The lowest BCUT2D eigenvalue weighted by Crippen LogP contribution is -2.29. The topological polar surface area (TPSA) is 196 Å². The lowest BCUT2D eigenvalue weighted by molar-refractivity contribution is 0.0600. The predicted molar refractivity (Wildman–Crippen MR) is 164 cm³/mol. The Hall–Kier alpha value is -4.80. The number of hydrogen-bond donors (Lipinski definition) is 1. The number of carbonyl (C=O) groups is 2. The highest BCUT2D eigenvalue weighted by Crippen LogP contribution is 2.20. The molecule has 0 saturated heterocycles. The lowest BCUT2D eigenvalue weighted by atomic mass is 10.1. The molecule has 2 aromatic carbocycles. The summed E-state index contributed by atoms with van der Waals surface area (Å²) >= 11 is 0. The van der Waals surface area contributed by atoms with Gasteiger partial charge in [-0.15, -0.1) is 0 Å². The van der Waals surface area contributed by atoms with Crippen LogP contribution in [0.3, 0.4) is 0 Å². The number of aromatic nitrogens is 4. The van der Waals surface area contributed by atoms with Gasteiger partial charge >= 0.3 is 5.97 Å².